The van der Waals surface area contributed by atoms with Crippen molar-refractivity contribution in [2.24, 2.45) is 5.92 Å². The second kappa shape index (κ2) is 13.0. The summed E-state index contributed by atoms with van der Waals surface area (Å²) in [5, 5.41) is 16.0. The van der Waals surface area contributed by atoms with E-state index < -0.39 is 12.2 Å². The Morgan fingerprint density at radius 2 is 1.77 bits per heavy atom. The molecule has 4 rings (SSSR count). The molecule has 2 saturated heterocycles. The lowest BCUT2D eigenvalue weighted by Gasteiger charge is -2.54. The van der Waals surface area contributed by atoms with Gasteiger partial charge in [-0.3, -0.25) is 9.59 Å². The first-order chi connectivity index (χ1) is 18.8. The fourth-order valence-electron chi connectivity index (χ4n) is 5.61. The second-order valence-corrected chi connectivity index (χ2v) is 10.6. The number of nitrogens with one attached hydrogen (secondary N) is 1. The summed E-state index contributed by atoms with van der Waals surface area (Å²) in [6.07, 6.45) is 3.89. The SMILES string of the molecule is CCCCC(CC)CN1C[C@H]2N(C(=O)CN(C)N2C(=O)NCc2ccccc2)[C@@H](Cc2ccc(O)cc2)C1=O. The minimum Gasteiger partial charge on any atom is -0.508 e. The molecule has 2 N–H and O–H groups in total. The Bertz CT molecular complexity index is 1130. The number of fused-ring (bicyclic) bond motifs is 1. The average Bonchev–Trinajstić information content (AvgIpc) is 2.93. The number of aromatic hydroxyl groups is 1. The lowest BCUT2D eigenvalue weighted by atomic mass is 9.95. The number of phenolic OH excluding ortho intramolecular Hbond substituents is 1. The summed E-state index contributed by atoms with van der Waals surface area (Å²) in [7, 11) is 1.74. The predicted octanol–water partition coefficient (Wildman–Crippen LogP) is 3.59. The minimum atomic E-state index is -0.734. The van der Waals surface area contributed by atoms with Gasteiger partial charge >= 0.3 is 6.03 Å². The van der Waals surface area contributed by atoms with Gasteiger partial charge in [-0.1, -0.05) is 75.6 Å². The van der Waals surface area contributed by atoms with Gasteiger partial charge in [-0.15, -0.1) is 0 Å². The van der Waals surface area contributed by atoms with Crippen LogP contribution in [0.5, 0.6) is 5.75 Å². The van der Waals surface area contributed by atoms with Crippen molar-refractivity contribution in [2.45, 2.75) is 64.7 Å². The number of carbonyl (C=O) groups is 3. The number of hydrogen-bond donors (Lipinski definition) is 2. The number of likely N-dealkylation sites (N-methyl/N-ethyl adjacent to an activating group) is 1. The average molecular weight is 536 g/mol. The lowest BCUT2D eigenvalue weighted by Crippen LogP contribution is -2.76. The Hall–Kier alpha value is -3.59. The number of piperazine rings is 1. The number of carbonyl (C=O) groups excluding carboxylic acids is 3. The molecule has 39 heavy (non-hydrogen) atoms. The molecule has 9 heteroatoms. The van der Waals surface area contributed by atoms with Crippen LogP contribution in [0.25, 0.3) is 0 Å². The third-order valence-corrected chi connectivity index (χ3v) is 7.82. The summed E-state index contributed by atoms with van der Waals surface area (Å²) in [6.45, 7) is 5.54. The van der Waals surface area contributed by atoms with Gasteiger partial charge in [0.05, 0.1) is 13.1 Å². The molecule has 210 valence electrons. The number of hydrogen-bond acceptors (Lipinski definition) is 5. The smallest absolute Gasteiger partial charge is 0.334 e. The number of rotatable bonds is 10. The maximum absolute atomic E-state index is 13.9. The molecule has 0 saturated carbocycles. The van der Waals surface area contributed by atoms with Gasteiger partial charge in [-0.05, 0) is 35.6 Å². The van der Waals surface area contributed by atoms with Crippen LogP contribution in [0.15, 0.2) is 54.6 Å². The van der Waals surface area contributed by atoms with E-state index in [4.69, 9.17) is 0 Å². The maximum atomic E-state index is 13.9. The molecule has 2 aromatic rings. The third-order valence-electron chi connectivity index (χ3n) is 7.82. The molecular formula is C30H41N5O4. The van der Waals surface area contributed by atoms with Crippen molar-refractivity contribution in [1.82, 2.24) is 25.1 Å². The summed E-state index contributed by atoms with van der Waals surface area (Å²) in [6, 6.07) is 15.4. The van der Waals surface area contributed by atoms with Crippen LogP contribution in [0, 0.1) is 5.92 Å². The molecule has 3 atom stereocenters. The van der Waals surface area contributed by atoms with Gasteiger partial charge in [-0.25, -0.2) is 14.8 Å². The van der Waals surface area contributed by atoms with Gasteiger partial charge < -0.3 is 20.2 Å². The molecule has 2 aromatic carbocycles. The van der Waals surface area contributed by atoms with E-state index in [0.29, 0.717) is 25.4 Å². The second-order valence-electron chi connectivity index (χ2n) is 10.6. The standard InChI is InChI=1S/C30H41N5O4/c1-4-6-10-22(5-2)19-33-20-27-34(26(29(33)38)17-23-13-15-25(36)16-14-23)28(37)21-32(3)35(27)30(39)31-18-24-11-8-7-9-12-24/h7-9,11-16,22,26-27,36H,4-6,10,17-21H2,1-3H3,(H,31,39)/t22?,26-,27-/m0/s1. The zero-order valence-electron chi connectivity index (χ0n) is 23.3. The van der Waals surface area contributed by atoms with Crippen molar-refractivity contribution in [3.8, 4) is 5.75 Å². The van der Waals surface area contributed by atoms with Crippen molar-refractivity contribution in [2.75, 3.05) is 26.7 Å². The van der Waals surface area contributed by atoms with Gasteiger partial charge in [0.25, 0.3) is 0 Å². The Morgan fingerprint density at radius 1 is 1.05 bits per heavy atom. The van der Waals surface area contributed by atoms with Gasteiger partial charge in [0, 0.05) is 26.6 Å². The first-order valence-electron chi connectivity index (χ1n) is 14.0. The number of hydrazine groups is 1. The maximum Gasteiger partial charge on any atom is 0.334 e. The first-order valence-corrected chi connectivity index (χ1v) is 14.0. The van der Waals surface area contributed by atoms with Crippen LogP contribution < -0.4 is 5.32 Å². The lowest BCUT2D eigenvalue weighted by molar-refractivity contribution is -0.187. The molecule has 0 spiro atoms. The third kappa shape index (κ3) is 6.71. The molecule has 0 radical (unpaired) electrons. The van der Waals surface area contributed by atoms with Gasteiger partial charge in [-0.2, -0.15) is 0 Å². The fourth-order valence-corrected chi connectivity index (χ4v) is 5.61. The highest BCUT2D eigenvalue weighted by Gasteiger charge is 2.50. The minimum absolute atomic E-state index is 0.00268. The van der Waals surface area contributed by atoms with E-state index in [2.05, 4.69) is 19.2 Å². The molecule has 2 aliphatic rings. The highest BCUT2D eigenvalue weighted by atomic mass is 16.3. The number of nitrogens with zero attached hydrogens (tertiary/aromatic N) is 4. The molecular weight excluding hydrogens is 494 g/mol. The Balaban J connectivity index is 1.62. The molecule has 4 amide bonds. The zero-order chi connectivity index (χ0) is 27.9. The Morgan fingerprint density at radius 3 is 2.44 bits per heavy atom. The van der Waals surface area contributed by atoms with Gasteiger partial charge in [0.15, 0.2) is 0 Å². The van der Waals surface area contributed by atoms with E-state index in [1.54, 1.807) is 46.2 Å². The van der Waals surface area contributed by atoms with E-state index >= 15 is 0 Å². The largest absolute Gasteiger partial charge is 0.508 e. The number of unbranched alkanes of at least 4 members (excludes halogenated alkanes) is 1. The van der Waals surface area contributed by atoms with Crippen LogP contribution in [0.1, 0.15) is 50.7 Å². The summed E-state index contributed by atoms with van der Waals surface area (Å²) in [5.41, 5.74) is 1.82. The van der Waals surface area contributed by atoms with Crippen LogP contribution in [-0.4, -0.2) is 81.7 Å². The summed E-state index contributed by atoms with van der Waals surface area (Å²) >= 11 is 0. The van der Waals surface area contributed by atoms with Crippen LogP contribution in [0.4, 0.5) is 4.79 Å². The van der Waals surface area contributed by atoms with Crippen molar-refractivity contribution in [1.29, 1.82) is 0 Å². The quantitative estimate of drug-likeness (QED) is 0.485. The van der Waals surface area contributed by atoms with E-state index in [9.17, 15) is 19.5 Å². The highest BCUT2D eigenvalue weighted by molar-refractivity contribution is 5.91. The van der Waals surface area contributed by atoms with E-state index in [1.807, 2.05) is 35.2 Å². The fraction of sp³-hybridized carbons (Fsp3) is 0.500. The number of urea groups is 1. The molecule has 0 bridgehead atoms. The first kappa shape index (κ1) is 28.4. The molecule has 2 aliphatic heterocycles. The summed E-state index contributed by atoms with van der Waals surface area (Å²) < 4.78 is 0. The normalized spacial score (nSPS) is 20.6. The zero-order valence-corrected chi connectivity index (χ0v) is 23.3. The number of benzene rings is 2. The molecule has 9 nitrogen and oxygen atoms in total. The van der Waals surface area contributed by atoms with Gasteiger partial charge in [0.2, 0.25) is 11.8 Å². The van der Waals surface area contributed by atoms with Crippen molar-refractivity contribution in [3.05, 3.63) is 65.7 Å². The Labute approximate surface area is 231 Å². The van der Waals surface area contributed by atoms with E-state index in [1.165, 1.54) is 0 Å². The van der Waals surface area contributed by atoms with Crippen LogP contribution >= 0.6 is 0 Å². The van der Waals surface area contributed by atoms with E-state index in [-0.39, 0.29) is 36.7 Å². The molecule has 2 fully saturated rings. The van der Waals surface area contributed by atoms with Crippen LogP contribution in [0.3, 0.4) is 0 Å². The van der Waals surface area contributed by atoms with E-state index in [0.717, 1.165) is 36.8 Å². The van der Waals surface area contributed by atoms with Crippen LogP contribution in [-0.2, 0) is 22.6 Å². The van der Waals surface area contributed by atoms with Crippen molar-refractivity contribution >= 4 is 17.8 Å². The Kier molecular flexibility index (Phi) is 9.45. The topological polar surface area (TPSA) is 96.4 Å². The summed E-state index contributed by atoms with van der Waals surface area (Å²) in [4.78, 5) is 44.4. The van der Waals surface area contributed by atoms with Crippen LogP contribution in [0.2, 0.25) is 0 Å². The highest BCUT2D eigenvalue weighted by Crippen LogP contribution is 2.29. The van der Waals surface area contributed by atoms with Gasteiger partial charge in [0.1, 0.15) is 18.0 Å². The molecule has 0 aliphatic carbocycles. The molecule has 0 aromatic heterocycles. The number of phenols is 1. The monoisotopic (exact) mass is 535 g/mol. The molecule has 1 unspecified atom stereocenters. The van der Waals surface area contributed by atoms with Crippen molar-refractivity contribution < 1.29 is 19.5 Å². The molecule has 2 heterocycles. The van der Waals surface area contributed by atoms with Crippen molar-refractivity contribution in [3.63, 3.8) is 0 Å². The number of amides is 4. The predicted molar refractivity (Wildman–Crippen MR) is 149 cm³/mol. The summed E-state index contributed by atoms with van der Waals surface area (Å²) in [5.74, 6) is 0.236.